The molecular weight excluding hydrogens is 156 g/mol. The number of amides is 1. The number of rotatable bonds is 4. The Morgan fingerprint density at radius 2 is 2.58 bits per heavy atom. The van der Waals surface area contributed by atoms with Crippen molar-refractivity contribution in [1.82, 2.24) is 5.32 Å². The van der Waals surface area contributed by atoms with Gasteiger partial charge < -0.3 is 15.5 Å². The van der Waals surface area contributed by atoms with Crippen LogP contribution in [0.2, 0.25) is 0 Å². The van der Waals surface area contributed by atoms with Crippen LogP contribution in [-0.2, 0) is 11.3 Å². The summed E-state index contributed by atoms with van der Waals surface area (Å²) in [4.78, 5) is 10.6. The molecule has 3 N–H and O–H groups in total. The molecule has 1 amide bonds. The quantitative estimate of drug-likeness (QED) is 0.676. The normalized spacial score (nSPS) is 12.8. The topological polar surface area (TPSA) is 68.3 Å². The predicted octanol–water partition coefficient (Wildman–Crippen LogP) is 0.243. The van der Waals surface area contributed by atoms with Gasteiger partial charge in [-0.05, 0) is 13.0 Å². The first-order valence-corrected chi connectivity index (χ1v) is 3.74. The summed E-state index contributed by atoms with van der Waals surface area (Å²) in [5.41, 5.74) is 6.05. The number of hydrogen-bond acceptors (Lipinski definition) is 3. The second-order valence-corrected chi connectivity index (χ2v) is 2.64. The van der Waals surface area contributed by atoms with Crippen molar-refractivity contribution in [2.45, 2.75) is 19.5 Å². The van der Waals surface area contributed by atoms with Gasteiger partial charge in [-0.1, -0.05) is 0 Å². The van der Waals surface area contributed by atoms with Crippen LogP contribution in [0.15, 0.2) is 23.0 Å². The Morgan fingerprint density at radius 1 is 1.83 bits per heavy atom. The molecule has 0 saturated heterocycles. The minimum absolute atomic E-state index is 0.306. The molecular formula is C8H12N2O2. The molecule has 1 rings (SSSR count). The zero-order valence-corrected chi connectivity index (χ0v) is 6.91. The van der Waals surface area contributed by atoms with E-state index in [0.29, 0.717) is 6.54 Å². The molecule has 1 aromatic rings. The molecule has 0 aliphatic heterocycles. The highest BCUT2D eigenvalue weighted by Gasteiger charge is 2.06. The number of carbonyl (C=O) groups is 1. The molecule has 4 nitrogen and oxygen atoms in total. The average molecular weight is 168 g/mol. The van der Waals surface area contributed by atoms with Crippen LogP contribution in [0.5, 0.6) is 0 Å². The van der Waals surface area contributed by atoms with Gasteiger partial charge in [0.1, 0.15) is 0 Å². The first-order valence-electron chi connectivity index (χ1n) is 3.74. The summed E-state index contributed by atoms with van der Waals surface area (Å²) in [6.07, 6.45) is 3.21. The highest BCUT2D eigenvalue weighted by molar-refractivity contribution is 5.79. The Hall–Kier alpha value is -1.29. The minimum atomic E-state index is -0.349. The lowest BCUT2D eigenvalue weighted by Crippen LogP contribution is -2.38. The largest absolute Gasteiger partial charge is 0.472 e. The molecule has 1 atom stereocenters. The van der Waals surface area contributed by atoms with Gasteiger partial charge in [0.05, 0.1) is 18.6 Å². The van der Waals surface area contributed by atoms with E-state index in [2.05, 4.69) is 5.32 Å². The lowest BCUT2D eigenvalue weighted by atomic mass is 10.3. The summed E-state index contributed by atoms with van der Waals surface area (Å²) in [5, 5.41) is 2.95. The summed E-state index contributed by atoms with van der Waals surface area (Å²) >= 11 is 0. The molecule has 0 saturated carbocycles. The first-order chi connectivity index (χ1) is 5.70. The Labute approximate surface area is 70.7 Å². The van der Waals surface area contributed by atoms with E-state index in [0.717, 1.165) is 5.56 Å². The molecule has 0 bridgehead atoms. The summed E-state index contributed by atoms with van der Waals surface area (Å²) in [6.45, 7) is 2.32. The van der Waals surface area contributed by atoms with Gasteiger partial charge >= 0.3 is 0 Å². The Morgan fingerprint density at radius 3 is 3.08 bits per heavy atom. The van der Waals surface area contributed by atoms with Crippen LogP contribution < -0.4 is 11.1 Å². The van der Waals surface area contributed by atoms with E-state index in [9.17, 15) is 4.79 Å². The molecule has 0 aliphatic rings. The maximum atomic E-state index is 10.6. The van der Waals surface area contributed by atoms with Crippen LogP contribution in [0.4, 0.5) is 0 Å². The van der Waals surface area contributed by atoms with E-state index in [-0.39, 0.29) is 11.9 Å². The Bertz CT molecular complexity index is 244. The van der Waals surface area contributed by atoms with Crippen LogP contribution >= 0.6 is 0 Å². The van der Waals surface area contributed by atoms with Crippen molar-refractivity contribution in [3.05, 3.63) is 24.2 Å². The van der Waals surface area contributed by atoms with E-state index < -0.39 is 0 Å². The van der Waals surface area contributed by atoms with Crippen LogP contribution in [0.25, 0.3) is 0 Å². The predicted molar refractivity (Wildman–Crippen MR) is 44.2 cm³/mol. The summed E-state index contributed by atoms with van der Waals surface area (Å²) in [5.74, 6) is -0.349. The molecule has 0 aliphatic carbocycles. The van der Waals surface area contributed by atoms with Crippen molar-refractivity contribution >= 4 is 5.91 Å². The van der Waals surface area contributed by atoms with Crippen LogP contribution in [0, 0.1) is 0 Å². The Kier molecular flexibility index (Phi) is 2.88. The second kappa shape index (κ2) is 3.92. The number of furan rings is 1. The van der Waals surface area contributed by atoms with E-state index in [1.165, 1.54) is 0 Å². The molecule has 0 fully saturated rings. The van der Waals surface area contributed by atoms with Crippen LogP contribution in [0.3, 0.4) is 0 Å². The molecule has 4 heteroatoms. The summed E-state index contributed by atoms with van der Waals surface area (Å²) in [7, 11) is 0. The average Bonchev–Trinajstić information content (AvgIpc) is 2.51. The van der Waals surface area contributed by atoms with Gasteiger partial charge in [0.25, 0.3) is 0 Å². The van der Waals surface area contributed by atoms with Gasteiger partial charge in [0.15, 0.2) is 0 Å². The monoisotopic (exact) mass is 168 g/mol. The fourth-order valence-corrected chi connectivity index (χ4v) is 0.765. The molecule has 12 heavy (non-hydrogen) atoms. The second-order valence-electron chi connectivity index (χ2n) is 2.64. The fraction of sp³-hybridized carbons (Fsp3) is 0.375. The lowest BCUT2D eigenvalue weighted by molar-refractivity contribution is -0.119. The number of carbonyl (C=O) groups excluding carboxylic acids is 1. The smallest absolute Gasteiger partial charge is 0.234 e. The van der Waals surface area contributed by atoms with Crippen molar-refractivity contribution < 1.29 is 9.21 Å². The van der Waals surface area contributed by atoms with Gasteiger partial charge in [-0.15, -0.1) is 0 Å². The third-order valence-electron chi connectivity index (χ3n) is 1.62. The number of nitrogens with one attached hydrogen (secondary N) is 1. The van der Waals surface area contributed by atoms with Gasteiger partial charge in [-0.3, -0.25) is 4.79 Å². The summed E-state index contributed by atoms with van der Waals surface area (Å²) < 4.78 is 4.85. The molecule has 0 aromatic carbocycles. The molecule has 1 heterocycles. The van der Waals surface area contributed by atoms with Gasteiger partial charge in [0, 0.05) is 12.1 Å². The van der Waals surface area contributed by atoms with Crippen molar-refractivity contribution in [1.29, 1.82) is 0 Å². The first kappa shape index (κ1) is 8.80. The maximum absolute atomic E-state index is 10.6. The zero-order chi connectivity index (χ0) is 8.97. The standard InChI is InChI=1S/C8H12N2O2/c1-6(8(9)11)10-4-7-2-3-12-5-7/h2-3,5-6,10H,4H2,1H3,(H2,9,11). The maximum Gasteiger partial charge on any atom is 0.234 e. The molecule has 0 radical (unpaired) electrons. The zero-order valence-electron chi connectivity index (χ0n) is 6.91. The molecule has 1 aromatic heterocycles. The number of hydrogen-bond donors (Lipinski definition) is 2. The van der Waals surface area contributed by atoms with Crippen LogP contribution in [0.1, 0.15) is 12.5 Å². The SMILES string of the molecule is CC(NCc1ccoc1)C(N)=O. The van der Waals surface area contributed by atoms with Crippen molar-refractivity contribution in [2.24, 2.45) is 5.73 Å². The minimum Gasteiger partial charge on any atom is -0.472 e. The van der Waals surface area contributed by atoms with E-state index >= 15 is 0 Å². The molecule has 1 unspecified atom stereocenters. The van der Waals surface area contributed by atoms with Crippen LogP contribution in [-0.4, -0.2) is 11.9 Å². The fourth-order valence-electron chi connectivity index (χ4n) is 0.765. The van der Waals surface area contributed by atoms with E-state index in [1.807, 2.05) is 6.07 Å². The van der Waals surface area contributed by atoms with E-state index in [1.54, 1.807) is 19.5 Å². The Balaban J connectivity index is 2.31. The number of primary amides is 1. The molecule has 66 valence electrons. The van der Waals surface area contributed by atoms with Crippen molar-refractivity contribution in [2.75, 3.05) is 0 Å². The van der Waals surface area contributed by atoms with Gasteiger partial charge in [0.2, 0.25) is 5.91 Å². The number of nitrogens with two attached hydrogens (primary N) is 1. The summed E-state index contributed by atoms with van der Waals surface area (Å²) in [6, 6.07) is 1.53. The van der Waals surface area contributed by atoms with Gasteiger partial charge in [-0.25, -0.2) is 0 Å². The van der Waals surface area contributed by atoms with Crippen molar-refractivity contribution in [3.8, 4) is 0 Å². The van der Waals surface area contributed by atoms with Gasteiger partial charge in [-0.2, -0.15) is 0 Å². The van der Waals surface area contributed by atoms with E-state index in [4.69, 9.17) is 10.2 Å². The molecule has 0 spiro atoms. The lowest BCUT2D eigenvalue weighted by Gasteiger charge is -2.07. The highest BCUT2D eigenvalue weighted by Crippen LogP contribution is 1.98. The third-order valence-corrected chi connectivity index (χ3v) is 1.62. The third kappa shape index (κ3) is 2.39. The highest BCUT2D eigenvalue weighted by atomic mass is 16.3. The van der Waals surface area contributed by atoms with Crippen molar-refractivity contribution in [3.63, 3.8) is 0 Å².